The molecular formula is C23H21FN2O4. The summed E-state index contributed by atoms with van der Waals surface area (Å²) < 4.78 is 23.7. The molecule has 0 radical (unpaired) electrons. The van der Waals surface area contributed by atoms with Crippen molar-refractivity contribution in [3.63, 3.8) is 0 Å². The molecule has 2 N–H and O–H groups in total. The van der Waals surface area contributed by atoms with Gasteiger partial charge in [0.1, 0.15) is 17.3 Å². The van der Waals surface area contributed by atoms with E-state index in [-0.39, 0.29) is 17.6 Å². The Hall–Kier alpha value is -3.87. The first-order valence-electron chi connectivity index (χ1n) is 9.23. The van der Waals surface area contributed by atoms with Crippen LogP contribution in [0.25, 0.3) is 0 Å². The van der Waals surface area contributed by atoms with Gasteiger partial charge in [0.25, 0.3) is 11.8 Å². The van der Waals surface area contributed by atoms with Gasteiger partial charge in [-0.2, -0.15) is 0 Å². The third-order valence-electron chi connectivity index (χ3n) is 4.24. The molecule has 3 aromatic rings. The summed E-state index contributed by atoms with van der Waals surface area (Å²) in [6, 6.07) is 18.9. The van der Waals surface area contributed by atoms with Gasteiger partial charge >= 0.3 is 0 Å². The van der Waals surface area contributed by atoms with Crippen molar-refractivity contribution in [1.29, 1.82) is 0 Å². The topological polar surface area (TPSA) is 76.7 Å². The van der Waals surface area contributed by atoms with Crippen LogP contribution in [-0.4, -0.2) is 25.0 Å². The van der Waals surface area contributed by atoms with E-state index in [0.29, 0.717) is 28.4 Å². The van der Waals surface area contributed by atoms with Crippen molar-refractivity contribution in [2.75, 3.05) is 17.7 Å². The first-order chi connectivity index (χ1) is 14.4. The predicted molar refractivity (Wildman–Crippen MR) is 113 cm³/mol. The molecule has 7 heteroatoms. The van der Waals surface area contributed by atoms with Crippen molar-refractivity contribution in [1.82, 2.24) is 0 Å². The number of methoxy groups -OCH3 is 1. The Bertz CT molecular complexity index is 1020. The minimum atomic E-state index is -0.755. The van der Waals surface area contributed by atoms with Gasteiger partial charge in [-0.25, -0.2) is 4.39 Å². The lowest BCUT2D eigenvalue weighted by molar-refractivity contribution is -0.122. The molecule has 0 bridgehead atoms. The Morgan fingerprint density at radius 1 is 0.867 bits per heavy atom. The van der Waals surface area contributed by atoms with Gasteiger partial charge in [0, 0.05) is 16.9 Å². The predicted octanol–water partition coefficient (Wildman–Crippen LogP) is 4.49. The molecule has 1 unspecified atom stereocenters. The fraction of sp³-hybridized carbons (Fsp3) is 0.130. The van der Waals surface area contributed by atoms with Gasteiger partial charge in [0.05, 0.1) is 7.11 Å². The Labute approximate surface area is 173 Å². The summed E-state index contributed by atoms with van der Waals surface area (Å²) in [6.45, 7) is 1.63. The number of carbonyl (C=O) groups is 2. The summed E-state index contributed by atoms with van der Waals surface area (Å²) in [7, 11) is 1.57. The van der Waals surface area contributed by atoms with Crippen LogP contribution >= 0.6 is 0 Å². The molecule has 154 valence electrons. The van der Waals surface area contributed by atoms with Crippen LogP contribution in [-0.2, 0) is 4.79 Å². The van der Waals surface area contributed by atoms with E-state index >= 15 is 0 Å². The third kappa shape index (κ3) is 5.57. The number of ether oxygens (including phenoxy) is 2. The van der Waals surface area contributed by atoms with Crippen LogP contribution in [0.5, 0.6) is 11.5 Å². The molecule has 0 aliphatic carbocycles. The number of anilines is 2. The summed E-state index contributed by atoms with van der Waals surface area (Å²) in [5, 5.41) is 5.41. The summed E-state index contributed by atoms with van der Waals surface area (Å²) in [6.07, 6.45) is -0.755. The fourth-order valence-corrected chi connectivity index (χ4v) is 2.63. The number of nitrogens with one attached hydrogen (secondary N) is 2. The van der Waals surface area contributed by atoms with E-state index in [9.17, 15) is 14.0 Å². The summed E-state index contributed by atoms with van der Waals surface area (Å²) in [4.78, 5) is 24.9. The number of hydrogen-bond acceptors (Lipinski definition) is 4. The largest absolute Gasteiger partial charge is 0.497 e. The van der Waals surface area contributed by atoms with Crippen molar-refractivity contribution in [3.05, 3.63) is 84.2 Å². The van der Waals surface area contributed by atoms with E-state index < -0.39 is 6.10 Å². The van der Waals surface area contributed by atoms with Gasteiger partial charge in [0.2, 0.25) is 0 Å². The van der Waals surface area contributed by atoms with Crippen molar-refractivity contribution in [2.24, 2.45) is 0 Å². The summed E-state index contributed by atoms with van der Waals surface area (Å²) in [5.74, 6) is 0.104. The number of carbonyl (C=O) groups excluding carboxylic acids is 2. The Morgan fingerprint density at radius 3 is 2.20 bits per heavy atom. The van der Waals surface area contributed by atoms with Crippen molar-refractivity contribution in [3.8, 4) is 11.5 Å². The molecule has 0 aliphatic heterocycles. The van der Waals surface area contributed by atoms with E-state index in [1.807, 2.05) is 0 Å². The fourth-order valence-electron chi connectivity index (χ4n) is 2.63. The summed E-state index contributed by atoms with van der Waals surface area (Å²) in [5.41, 5.74) is 1.27. The van der Waals surface area contributed by atoms with Crippen LogP contribution in [0.15, 0.2) is 72.8 Å². The van der Waals surface area contributed by atoms with Crippen molar-refractivity contribution in [2.45, 2.75) is 13.0 Å². The van der Waals surface area contributed by atoms with Gasteiger partial charge < -0.3 is 20.1 Å². The van der Waals surface area contributed by atoms with Crippen LogP contribution in [0.3, 0.4) is 0 Å². The molecule has 0 aromatic heterocycles. The monoisotopic (exact) mass is 408 g/mol. The lowest BCUT2D eigenvalue weighted by Crippen LogP contribution is -2.30. The van der Waals surface area contributed by atoms with Crippen molar-refractivity contribution < 1.29 is 23.5 Å². The highest BCUT2D eigenvalue weighted by molar-refractivity contribution is 6.05. The van der Waals surface area contributed by atoms with Crippen molar-refractivity contribution >= 4 is 23.2 Å². The lowest BCUT2D eigenvalue weighted by Gasteiger charge is -2.15. The minimum absolute atomic E-state index is 0.348. The number of halogens is 1. The quantitative estimate of drug-likeness (QED) is 0.604. The maximum Gasteiger partial charge on any atom is 0.265 e. The maximum atomic E-state index is 13.0. The summed E-state index contributed by atoms with van der Waals surface area (Å²) >= 11 is 0. The number of amides is 2. The highest BCUT2D eigenvalue weighted by atomic mass is 19.1. The average molecular weight is 408 g/mol. The molecule has 0 spiro atoms. The number of benzene rings is 3. The number of rotatable bonds is 7. The molecule has 0 saturated heterocycles. The molecule has 30 heavy (non-hydrogen) atoms. The second kappa shape index (κ2) is 9.56. The van der Waals surface area contributed by atoms with Gasteiger partial charge in [-0.15, -0.1) is 0 Å². The minimum Gasteiger partial charge on any atom is -0.497 e. The van der Waals surface area contributed by atoms with E-state index in [1.165, 1.54) is 24.3 Å². The SMILES string of the molecule is COc1ccc(OC(C)C(=O)Nc2cccc(C(=O)Nc3ccc(F)cc3)c2)cc1. The lowest BCUT2D eigenvalue weighted by atomic mass is 10.1. The van der Waals surface area contributed by atoms with E-state index in [0.717, 1.165) is 0 Å². The second-order valence-corrected chi connectivity index (χ2v) is 6.47. The van der Waals surface area contributed by atoms with Gasteiger partial charge in [-0.1, -0.05) is 6.07 Å². The third-order valence-corrected chi connectivity index (χ3v) is 4.24. The van der Waals surface area contributed by atoms with E-state index in [4.69, 9.17) is 9.47 Å². The van der Waals surface area contributed by atoms with Gasteiger partial charge in [0.15, 0.2) is 6.10 Å². The standard InChI is InChI=1S/C23H21FN2O4/c1-15(30-21-12-10-20(29-2)11-13-21)22(27)26-19-5-3-4-16(14-19)23(28)25-18-8-6-17(24)7-9-18/h3-15H,1-2H3,(H,25,28)(H,26,27). The normalized spacial score (nSPS) is 11.3. The molecule has 2 amide bonds. The maximum absolute atomic E-state index is 13.0. The van der Waals surface area contributed by atoms with Crippen LogP contribution in [0, 0.1) is 5.82 Å². The molecule has 0 fully saturated rings. The van der Waals surface area contributed by atoms with Crippen LogP contribution < -0.4 is 20.1 Å². The molecule has 6 nitrogen and oxygen atoms in total. The smallest absolute Gasteiger partial charge is 0.265 e. The molecule has 3 aromatic carbocycles. The Morgan fingerprint density at radius 2 is 1.53 bits per heavy atom. The van der Waals surface area contributed by atoms with Crippen LogP contribution in [0.2, 0.25) is 0 Å². The highest BCUT2D eigenvalue weighted by Crippen LogP contribution is 2.19. The van der Waals surface area contributed by atoms with Crippen LogP contribution in [0.4, 0.5) is 15.8 Å². The van der Waals surface area contributed by atoms with Gasteiger partial charge in [-0.3, -0.25) is 9.59 Å². The van der Waals surface area contributed by atoms with E-state index in [1.54, 1.807) is 62.6 Å². The molecule has 1 atom stereocenters. The first-order valence-corrected chi connectivity index (χ1v) is 9.23. The molecule has 0 heterocycles. The first kappa shape index (κ1) is 20.9. The highest BCUT2D eigenvalue weighted by Gasteiger charge is 2.16. The molecule has 0 aliphatic rings. The molecule has 3 rings (SSSR count). The zero-order chi connectivity index (χ0) is 21.5. The second-order valence-electron chi connectivity index (χ2n) is 6.47. The Balaban J connectivity index is 1.61. The van der Waals surface area contributed by atoms with E-state index in [2.05, 4.69) is 10.6 Å². The van der Waals surface area contributed by atoms with Gasteiger partial charge in [-0.05, 0) is 73.7 Å². The number of hydrogen-bond donors (Lipinski definition) is 2. The molecular weight excluding hydrogens is 387 g/mol. The zero-order valence-electron chi connectivity index (χ0n) is 16.5. The molecule has 0 saturated carbocycles. The average Bonchev–Trinajstić information content (AvgIpc) is 2.76. The Kier molecular flexibility index (Phi) is 6.64. The zero-order valence-corrected chi connectivity index (χ0v) is 16.5. The van der Waals surface area contributed by atoms with Crippen LogP contribution in [0.1, 0.15) is 17.3 Å².